The lowest BCUT2D eigenvalue weighted by Crippen LogP contribution is -2.34. The highest BCUT2D eigenvalue weighted by Crippen LogP contribution is 2.20. The quantitative estimate of drug-likeness (QED) is 0.893. The third-order valence-electron chi connectivity index (χ3n) is 3.52. The van der Waals surface area contributed by atoms with E-state index in [0.29, 0.717) is 18.5 Å². The van der Waals surface area contributed by atoms with Gasteiger partial charge in [0.2, 0.25) is 0 Å². The average molecular weight is 296 g/mol. The van der Waals surface area contributed by atoms with Crippen molar-refractivity contribution in [3.63, 3.8) is 0 Å². The molecule has 1 amide bonds. The van der Waals surface area contributed by atoms with Gasteiger partial charge in [-0.15, -0.1) is 0 Å². The molecule has 1 aliphatic rings. The van der Waals surface area contributed by atoms with E-state index in [2.05, 4.69) is 5.32 Å². The maximum absolute atomic E-state index is 12.5. The smallest absolute Gasteiger partial charge is 0.255 e. The molecule has 1 aromatic rings. The average Bonchev–Trinajstić information content (AvgIpc) is 2.59. The number of nitrogens with zero attached hydrogens (tertiary/aromatic N) is 1. The van der Waals surface area contributed by atoms with Gasteiger partial charge in [0.15, 0.2) is 9.84 Å². The van der Waals surface area contributed by atoms with Crippen LogP contribution in [0, 0.1) is 6.92 Å². The van der Waals surface area contributed by atoms with E-state index in [9.17, 15) is 13.2 Å². The Morgan fingerprint density at radius 3 is 2.70 bits per heavy atom. The number of sulfone groups is 1. The minimum Gasteiger partial charge on any atom is -0.387 e. The summed E-state index contributed by atoms with van der Waals surface area (Å²) >= 11 is 0. The summed E-state index contributed by atoms with van der Waals surface area (Å²) in [5, 5.41) is 3.02. The van der Waals surface area contributed by atoms with E-state index in [1.165, 1.54) is 0 Å². The molecular weight excluding hydrogens is 276 g/mol. The number of carbonyl (C=O) groups is 1. The lowest BCUT2D eigenvalue weighted by Gasteiger charge is -2.21. The van der Waals surface area contributed by atoms with Gasteiger partial charge in [-0.3, -0.25) is 4.79 Å². The fraction of sp³-hybridized carbons (Fsp3) is 0.500. The molecule has 5 nitrogen and oxygen atoms in total. The first-order valence-electron chi connectivity index (χ1n) is 6.71. The third-order valence-corrected chi connectivity index (χ3v) is 5.23. The van der Waals surface area contributed by atoms with Crippen LogP contribution in [-0.2, 0) is 9.84 Å². The predicted molar refractivity (Wildman–Crippen MR) is 79.9 cm³/mol. The summed E-state index contributed by atoms with van der Waals surface area (Å²) in [7, 11) is -1.22. The number of hydrogen-bond acceptors (Lipinski definition) is 4. The van der Waals surface area contributed by atoms with E-state index in [4.69, 9.17) is 0 Å². The number of carbonyl (C=O) groups excluding carboxylic acids is 1. The fourth-order valence-electron chi connectivity index (χ4n) is 2.36. The second-order valence-electron chi connectivity index (χ2n) is 5.10. The molecular formula is C14H20N2O3S. The van der Waals surface area contributed by atoms with Crippen LogP contribution in [-0.4, -0.2) is 50.9 Å². The largest absolute Gasteiger partial charge is 0.387 e. The van der Waals surface area contributed by atoms with Crippen LogP contribution in [0.25, 0.3) is 0 Å². The van der Waals surface area contributed by atoms with E-state index in [1.807, 2.05) is 19.1 Å². The minimum absolute atomic E-state index is 0.0550. The number of anilines is 1. The number of aryl methyl sites for hydroxylation is 1. The molecule has 0 aliphatic carbocycles. The molecule has 20 heavy (non-hydrogen) atoms. The van der Waals surface area contributed by atoms with Crippen LogP contribution in [0.5, 0.6) is 0 Å². The molecule has 1 aromatic carbocycles. The Balaban J connectivity index is 2.23. The number of rotatable bonds is 2. The van der Waals surface area contributed by atoms with E-state index in [1.54, 1.807) is 18.0 Å². The highest BCUT2D eigenvalue weighted by atomic mass is 32.2. The Hall–Kier alpha value is -1.56. The fourth-order valence-corrected chi connectivity index (χ4v) is 3.63. The second kappa shape index (κ2) is 5.83. The van der Waals surface area contributed by atoms with E-state index < -0.39 is 9.84 Å². The highest BCUT2D eigenvalue weighted by molar-refractivity contribution is 7.91. The maximum atomic E-state index is 12.5. The van der Waals surface area contributed by atoms with Crippen molar-refractivity contribution in [3.05, 3.63) is 29.3 Å². The molecule has 0 atom stereocenters. The first-order valence-corrected chi connectivity index (χ1v) is 8.53. The van der Waals surface area contributed by atoms with Gasteiger partial charge in [-0.25, -0.2) is 8.42 Å². The van der Waals surface area contributed by atoms with Crippen LogP contribution in [0.15, 0.2) is 18.2 Å². The van der Waals surface area contributed by atoms with Gasteiger partial charge >= 0.3 is 0 Å². The predicted octanol–water partition coefficient (Wildman–Crippen LogP) is 1.30. The van der Waals surface area contributed by atoms with Crippen molar-refractivity contribution in [1.29, 1.82) is 0 Å². The van der Waals surface area contributed by atoms with E-state index >= 15 is 0 Å². The zero-order valence-electron chi connectivity index (χ0n) is 11.8. The molecule has 110 valence electrons. The molecule has 1 aliphatic heterocycles. The summed E-state index contributed by atoms with van der Waals surface area (Å²) < 4.78 is 23.2. The second-order valence-corrected chi connectivity index (χ2v) is 7.40. The number of hydrogen-bond donors (Lipinski definition) is 1. The first-order chi connectivity index (χ1) is 9.43. The lowest BCUT2D eigenvalue weighted by atomic mass is 10.1. The van der Waals surface area contributed by atoms with Crippen molar-refractivity contribution < 1.29 is 13.2 Å². The van der Waals surface area contributed by atoms with Crippen molar-refractivity contribution in [2.24, 2.45) is 0 Å². The summed E-state index contributed by atoms with van der Waals surface area (Å²) in [5.74, 6) is 0.120. The van der Waals surface area contributed by atoms with Crippen LogP contribution >= 0.6 is 0 Å². The zero-order chi connectivity index (χ0) is 14.8. The van der Waals surface area contributed by atoms with Gasteiger partial charge in [0.25, 0.3) is 5.91 Å². The van der Waals surface area contributed by atoms with E-state index in [-0.39, 0.29) is 24.0 Å². The maximum Gasteiger partial charge on any atom is 0.255 e. The standard InChI is InChI=1S/C14H20N2O3S/c1-11-4-5-12(13(10-11)15-2)14(17)16-6-3-8-20(18,19)9-7-16/h4-5,10,15H,3,6-9H2,1-2H3. The summed E-state index contributed by atoms with van der Waals surface area (Å²) in [5.41, 5.74) is 2.45. The minimum atomic E-state index is -3.00. The number of benzene rings is 1. The van der Waals surface area contributed by atoms with Crippen LogP contribution < -0.4 is 5.32 Å². The van der Waals surface area contributed by atoms with Gasteiger partial charge < -0.3 is 10.2 Å². The summed E-state index contributed by atoms with van der Waals surface area (Å²) in [4.78, 5) is 14.2. The van der Waals surface area contributed by atoms with Gasteiger partial charge in [0, 0.05) is 25.8 Å². The molecule has 2 rings (SSSR count). The summed E-state index contributed by atoms with van der Waals surface area (Å²) in [6.45, 7) is 2.74. The molecule has 0 aromatic heterocycles. The third kappa shape index (κ3) is 3.30. The van der Waals surface area contributed by atoms with Crippen LogP contribution in [0.2, 0.25) is 0 Å². The van der Waals surface area contributed by atoms with Crippen LogP contribution in [0.3, 0.4) is 0 Å². The van der Waals surface area contributed by atoms with Crippen molar-refractivity contribution in [2.45, 2.75) is 13.3 Å². The van der Waals surface area contributed by atoms with Gasteiger partial charge in [-0.1, -0.05) is 6.07 Å². The molecule has 0 unspecified atom stereocenters. The SMILES string of the molecule is CNc1cc(C)ccc1C(=O)N1CCCS(=O)(=O)CC1. The topological polar surface area (TPSA) is 66.5 Å². The van der Waals surface area contributed by atoms with Crippen LogP contribution in [0.4, 0.5) is 5.69 Å². The molecule has 1 saturated heterocycles. The Kier molecular flexibility index (Phi) is 4.32. The molecule has 1 fully saturated rings. The van der Waals surface area contributed by atoms with Crippen molar-refractivity contribution >= 4 is 21.4 Å². The van der Waals surface area contributed by atoms with Crippen molar-refractivity contribution in [3.8, 4) is 0 Å². The van der Waals surface area contributed by atoms with Crippen molar-refractivity contribution in [1.82, 2.24) is 4.90 Å². The Labute approximate surface area is 119 Å². The van der Waals surface area contributed by atoms with E-state index in [0.717, 1.165) is 11.3 Å². The van der Waals surface area contributed by atoms with Gasteiger partial charge in [0.1, 0.15) is 0 Å². The Bertz CT molecular complexity index is 611. The highest BCUT2D eigenvalue weighted by Gasteiger charge is 2.24. The molecule has 0 radical (unpaired) electrons. The molecule has 0 spiro atoms. The molecule has 0 saturated carbocycles. The molecule has 0 bridgehead atoms. The van der Waals surface area contributed by atoms with Gasteiger partial charge in [-0.05, 0) is 31.0 Å². The molecule has 1 N–H and O–H groups in total. The lowest BCUT2D eigenvalue weighted by molar-refractivity contribution is 0.0769. The van der Waals surface area contributed by atoms with Gasteiger partial charge in [0.05, 0.1) is 17.1 Å². The van der Waals surface area contributed by atoms with Crippen LogP contribution in [0.1, 0.15) is 22.3 Å². The summed E-state index contributed by atoms with van der Waals surface area (Å²) in [6.07, 6.45) is 0.509. The monoisotopic (exact) mass is 296 g/mol. The Morgan fingerprint density at radius 1 is 1.25 bits per heavy atom. The normalized spacial score (nSPS) is 18.4. The molecule has 6 heteroatoms. The molecule has 1 heterocycles. The zero-order valence-corrected chi connectivity index (χ0v) is 12.7. The Morgan fingerprint density at radius 2 is 2.00 bits per heavy atom. The number of nitrogens with one attached hydrogen (secondary N) is 1. The van der Waals surface area contributed by atoms with Gasteiger partial charge in [-0.2, -0.15) is 0 Å². The van der Waals surface area contributed by atoms with Crippen molar-refractivity contribution in [2.75, 3.05) is 37.0 Å². The summed E-state index contributed by atoms with van der Waals surface area (Å²) in [6, 6.07) is 5.60. The number of amides is 1. The first kappa shape index (κ1) is 14.8.